The fourth-order valence-corrected chi connectivity index (χ4v) is 5.05. The van der Waals surface area contributed by atoms with Gasteiger partial charge < -0.3 is 31.2 Å². The molecule has 5 N–H and O–H groups in total. The molecule has 13 heteroatoms. The molecule has 0 spiro atoms. The number of nitrogens with zero attached hydrogens (tertiary/aromatic N) is 3. The molecular formula is C33H44N6O7. The van der Waals surface area contributed by atoms with E-state index in [1.54, 1.807) is 31.2 Å². The smallest absolute Gasteiger partial charge is 0.407 e. The monoisotopic (exact) mass is 636 g/mol. The first-order valence-electron chi connectivity index (χ1n) is 15.0. The fourth-order valence-electron chi connectivity index (χ4n) is 5.05. The summed E-state index contributed by atoms with van der Waals surface area (Å²) in [5.74, 6) is 2.43. The summed E-state index contributed by atoms with van der Waals surface area (Å²) in [4.78, 5) is 68.9. The molecule has 5 amide bonds. The average molecular weight is 637 g/mol. The van der Waals surface area contributed by atoms with E-state index in [1.165, 1.54) is 11.1 Å². The number of carbonyl (C=O) groups excluding carboxylic acids is 4. The molecule has 46 heavy (non-hydrogen) atoms. The number of carboxylic acid groups (broad SMARTS) is 1. The number of amides is 5. The van der Waals surface area contributed by atoms with Crippen molar-refractivity contribution in [2.24, 2.45) is 22.3 Å². The molecule has 0 bridgehead atoms. The van der Waals surface area contributed by atoms with Crippen LogP contribution < -0.4 is 16.5 Å². The van der Waals surface area contributed by atoms with E-state index in [2.05, 4.69) is 15.7 Å². The Labute approximate surface area is 269 Å². The van der Waals surface area contributed by atoms with Gasteiger partial charge in [0, 0.05) is 13.1 Å². The fraction of sp³-hybridized carbons (Fsp3) is 0.455. The van der Waals surface area contributed by atoms with Crippen molar-refractivity contribution in [2.75, 3.05) is 13.2 Å². The summed E-state index contributed by atoms with van der Waals surface area (Å²) in [6.45, 7) is 10.5. The molecule has 1 fully saturated rings. The number of carbonyl (C=O) groups is 5. The number of hydrazone groups is 1. The van der Waals surface area contributed by atoms with Crippen LogP contribution in [-0.2, 0) is 31.2 Å². The second kappa shape index (κ2) is 14.9. The molecule has 0 aliphatic carbocycles. The zero-order chi connectivity index (χ0) is 34.2. The number of imide groups is 1. The SMILES string of the molecule is CC(C)C[C@H](C(=O)NC[C@H](NC(=O)OCC(C)(C)C)C(=O)O)N1C(=O)N(Cc2ccccc2)[C@@](C)(c2ccc(C=NN)cc2)C1=O. The van der Waals surface area contributed by atoms with Gasteiger partial charge in [0.15, 0.2) is 0 Å². The first-order valence-corrected chi connectivity index (χ1v) is 15.0. The normalized spacial score (nSPS) is 18.2. The lowest BCUT2D eigenvalue weighted by Gasteiger charge is -2.32. The third-order valence-corrected chi connectivity index (χ3v) is 7.51. The van der Waals surface area contributed by atoms with Gasteiger partial charge in [-0.25, -0.2) is 19.3 Å². The van der Waals surface area contributed by atoms with Gasteiger partial charge in [0.25, 0.3) is 5.91 Å². The van der Waals surface area contributed by atoms with Crippen LogP contribution >= 0.6 is 0 Å². The Balaban J connectivity index is 1.93. The van der Waals surface area contributed by atoms with E-state index < -0.39 is 54.1 Å². The third-order valence-electron chi connectivity index (χ3n) is 7.51. The predicted molar refractivity (Wildman–Crippen MR) is 171 cm³/mol. The molecule has 2 aromatic rings. The number of alkyl carbamates (subject to hydrolysis) is 1. The highest BCUT2D eigenvalue weighted by molar-refractivity contribution is 6.10. The topological polar surface area (TPSA) is 184 Å². The van der Waals surface area contributed by atoms with Crippen LogP contribution in [0.5, 0.6) is 0 Å². The Kier molecular flexibility index (Phi) is 11.5. The summed E-state index contributed by atoms with van der Waals surface area (Å²) in [5.41, 5.74) is 0.169. The summed E-state index contributed by atoms with van der Waals surface area (Å²) in [7, 11) is 0. The van der Waals surface area contributed by atoms with Crippen LogP contribution in [0.15, 0.2) is 59.7 Å². The molecule has 0 saturated carbocycles. The Morgan fingerprint density at radius 3 is 2.24 bits per heavy atom. The third kappa shape index (κ3) is 8.61. The molecule has 2 aromatic carbocycles. The van der Waals surface area contributed by atoms with E-state index in [9.17, 15) is 29.1 Å². The van der Waals surface area contributed by atoms with Crippen LogP contribution in [0.3, 0.4) is 0 Å². The Morgan fingerprint density at radius 1 is 1.07 bits per heavy atom. The molecule has 1 aliphatic rings. The van der Waals surface area contributed by atoms with Gasteiger partial charge in [-0.1, -0.05) is 89.2 Å². The van der Waals surface area contributed by atoms with Crippen LogP contribution in [0.2, 0.25) is 0 Å². The number of aliphatic carboxylic acids is 1. The molecule has 1 aliphatic heterocycles. The molecular weight excluding hydrogens is 592 g/mol. The second-order valence-electron chi connectivity index (χ2n) is 13.1. The minimum atomic E-state index is -1.52. The summed E-state index contributed by atoms with van der Waals surface area (Å²) in [5, 5.41) is 18.0. The van der Waals surface area contributed by atoms with E-state index in [0.717, 1.165) is 10.5 Å². The number of carboxylic acids is 1. The van der Waals surface area contributed by atoms with Crippen molar-refractivity contribution < 1.29 is 33.8 Å². The van der Waals surface area contributed by atoms with Crippen molar-refractivity contribution >= 4 is 36.1 Å². The molecule has 0 unspecified atom stereocenters. The van der Waals surface area contributed by atoms with Gasteiger partial charge in [-0.15, -0.1) is 0 Å². The van der Waals surface area contributed by atoms with Crippen LogP contribution in [0, 0.1) is 11.3 Å². The van der Waals surface area contributed by atoms with E-state index in [4.69, 9.17) is 10.6 Å². The van der Waals surface area contributed by atoms with Crippen LogP contribution in [0.4, 0.5) is 9.59 Å². The lowest BCUT2D eigenvalue weighted by Crippen LogP contribution is -2.55. The lowest BCUT2D eigenvalue weighted by atomic mass is 9.88. The Hall–Kier alpha value is -4.94. The van der Waals surface area contributed by atoms with Crippen molar-refractivity contribution in [3.05, 3.63) is 71.3 Å². The maximum Gasteiger partial charge on any atom is 0.407 e. The number of nitrogens with two attached hydrogens (primary N) is 1. The van der Waals surface area contributed by atoms with Gasteiger partial charge in [0.1, 0.15) is 17.6 Å². The number of ether oxygens (including phenoxy) is 1. The summed E-state index contributed by atoms with van der Waals surface area (Å²) in [6.07, 6.45) is 0.619. The molecule has 0 radical (unpaired) electrons. The number of hydrogen-bond donors (Lipinski definition) is 4. The first kappa shape index (κ1) is 35.5. The lowest BCUT2D eigenvalue weighted by molar-refractivity contribution is -0.141. The van der Waals surface area contributed by atoms with Crippen molar-refractivity contribution in [1.29, 1.82) is 0 Å². The van der Waals surface area contributed by atoms with Crippen molar-refractivity contribution in [2.45, 2.75) is 72.1 Å². The number of urea groups is 1. The second-order valence-corrected chi connectivity index (χ2v) is 13.1. The maximum atomic E-state index is 14.4. The van der Waals surface area contributed by atoms with E-state index in [0.29, 0.717) is 11.1 Å². The predicted octanol–water partition coefficient (Wildman–Crippen LogP) is 3.42. The molecule has 3 atom stereocenters. The van der Waals surface area contributed by atoms with Gasteiger partial charge in [0.05, 0.1) is 12.8 Å². The van der Waals surface area contributed by atoms with Crippen LogP contribution in [0.25, 0.3) is 0 Å². The van der Waals surface area contributed by atoms with E-state index >= 15 is 0 Å². The van der Waals surface area contributed by atoms with Crippen LogP contribution in [-0.4, -0.2) is 76.3 Å². The van der Waals surface area contributed by atoms with Crippen molar-refractivity contribution in [3.8, 4) is 0 Å². The minimum Gasteiger partial charge on any atom is -0.480 e. The molecule has 1 heterocycles. The van der Waals surface area contributed by atoms with Gasteiger partial charge in [-0.3, -0.25) is 9.59 Å². The number of hydrogen-bond acceptors (Lipinski definition) is 8. The zero-order valence-corrected chi connectivity index (χ0v) is 27.1. The largest absolute Gasteiger partial charge is 0.480 e. The average Bonchev–Trinajstić information content (AvgIpc) is 3.18. The van der Waals surface area contributed by atoms with Gasteiger partial charge in [-0.05, 0) is 41.4 Å². The van der Waals surface area contributed by atoms with Crippen molar-refractivity contribution in [3.63, 3.8) is 0 Å². The highest BCUT2D eigenvalue weighted by Crippen LogP contribution is 2.40. The standard InChI is InChI=1S/C33H44N6O7/c1-21(2)16-26(27(40)35-18-25(28(41)42)37-30(44)46-20-32(3,4)5)39-29(43)33(6,24-14-12-22(13-15-24)17-36-34)38(31(39)45)19-23-10-8-7-9-11-23/h7-15,17,21,25-26H,16,18-20,34H2,1-6H3,(H,35,40)(H,37,44)(H,41,42)/t25-,26+,33-/m0/s1. The summed E-state index contributed by atoms with van der Waals surface area (Å²) >= 11 is 0. The van der Waals surface area contributed by atoms with Crippen molar-refractivity contribution in [1.82, 2.24) is 20.4 Å². The molecule has 0 aromatic heterocycles. The van der Waals surface area contributed by atoms with Crippen LogP contribution in [0.1, 0.15) is 64.7 Å². The minimum absolute atomic E-state index is 0.0504. The quantitative estimate of drug-likeness (QED) is 0.112. The molecule has 13 nitrogen and oxygen atoms in total. The first-order chi connectivity index (χ1) is 21.6. The van der Waals surface area contributed by atoms with E-state index in [1.807, 2.05) is 65.0 Å². The highest BCUT2D eigenvalue weighted by Gasteiger charge is 2.58. The molecule has 1 saturated heterocycles. The summed E-state index contributed by atoms with van der Waals surface area (Å²) in [6, 6.07) is 12.6. The number of nitrogens with one attached hydrogen (secondary N) is 2. The summed E-state index contributed by atoms with van der Waals surface area (Å²) < 4.78 is 5.11. The number of benzene rings is 2. The van der Waals surface area contributed by atoms with Gasteiger partial charge in [0.2, 0.25) is 5.91 Å². The number of rotatable bonds is 13. The van der Waals surface area contributed by atoms with Gasteiger partial charge in [-0.2, -0.15) is 5.10 Å². The Bertz CT molecular complexity index is 1440. The highest BCUT2D eigenvalue weighted by atomic mass is 16.5. The molecule has 3 rings (SSSR count). The van der Waals surface area contributed by atoms with E-state index in [-0.39, 0.29) is 30.9 Å². The Morgan fingerprint density at radius 2 is 1.70 bits per heavy atom. The molecule has 248 valence electrons. The zero-order valence-electron chi connectivity index (χ0n) is 27.1. The maximum absolute atomic E-state index is 14.4. The van der Waals surface area contributed by atoms with Gasteiger partial charge >= 0.3 is 18.1 Å².